The summed E-state index contributed by atoms with van der Waals surface area (Å²) in [5.41, 5.74) is 7.29. The van der Waals surface area contributed by atoms with E-state index in [-0.39, 0.29) is 6.54 Å². The van der Waals surface area contributed by atoms with Gasteiger partial charge >= 0.3 is 16.3 Å². The first-order chi connectivity index (χ1) is 8.96. The lowest BCUT2D eigenvalue weighted by molar-refractivity contribution is 0.177. The third-order valence-corrected chi connectivity index (χ3v) is 3.29. The van der Waals surface area contributed by atoms with E-state index in [2.05, 4.69) is 9.46 Å². The zero-order valence-corrected chi connectivity index (χ0v) is 11.4. The minimum absolute atomic E-state index is 0.0786. The van der Waals surface area contributed by atoms with E-state index < -0.39 is 16.3 Å². The van der Waals surface area contributed by atoms with E-state index in [0.717, 1.165) is 24.7 Å². The summed E-state index contributed by atoms with van der Waals surface area (Å²) < 4.78 is 30.9. The number of ether oxygens (including phenoxy) is 1. The highest BCUT2D eigenvalue weighted by atomic mass is 32.2. The maximum atomic E-state index is 11.4. The van der Waals surface area contributed by atoms with Crippen LogP contribution >= 0.6 is 0 Å². The van der Waals surface area contributed by atoms with E-state index in [0.29, 0.717) is 6.54 Å². The Kier molecular flexibility index (Phi) is 5.74. The van der Waals surface area contributed by atoms with Gasteiger partial charge in [-0.15, -0.1) is 0 Å². The van der Waals surface area contributed by atoms with Crippen molar-refractivity contribution in [3.63, 3.8) is 0 Å². The fourth-order valence-electron chi connectivity index (χ4n) is 1.36. The molecule has 106 valence electrons. The molecule has 0 aromatic heterocycles. The number of rotatable bonds is 6. The summed E-state index contributed by atoms with van der Waals surface area (Å²) in [6, 6.07) is 7.35. The third-order valence-electron chi connectivity index (χ3n) is 2.33. The zero-order chi connectivity index (χ0) is 14.3. The van der Waals surface area contributed by atoms with E-state index in [1.807, 2.05) is 12.1 Å². The lowest BCUT2D eigenvalue weighted by Gasteiger charge is -2.08. The van der Waals surface area contributed by atoms with Crippen LogP contribution in [-0.2, 0) is 27.9 Å². The molecule has 0 radical (unpaired) electrons. The van der Waals surface area contributed by atoms with Gasteiger partial charge in [0, 0.05) is 6.54 Å². The number of amides is 1. The molecule has 0 atom stereocenters. The van der Waals surface area contributed by atoms with Crippen LogP contribution in [-0.4, -0.2) is 28.2 Å². The molecule has 1 aromatic rings. The highest BCUT2D eigenvalue weighted by Gasteiger charge is 2.13. The Morgan fingerprint density at radius 3 is 2.37 bits per heavy atom. The normalized spacial score (nSPS) is 11.1. The Balaban J connectivity index is 2.54. The van der Waals surface area contributed by atoms with Crippen LogP contribution in [0.25, 0.3) is 0 Å². The average molecular weight is 287 g/mol. The quantitative estimate of drug-likeness (QED) is 0.675. The highest BCUT2D eigenvalue weighted by molar-refractivity contribution is 7.88. The van der Waals surface area contributed by atoms with Gasteiger partial charge < -0.3 is 10.5 Å². The molecule has 7 nitrogen and oxygen atoms in total. The van der Waals surface area contributed by atoms with Crippen LogP contribution in [0.4, 0.5) is 4.79 Å². The van der Waals surface area contributed by atoms with E-state index in [1.165, 1.54) is 0 Å². The maximum Gasteiger partial charge on any atom is 0.421 e. The minimum Gasteiger partial charge on any atom is -0.452 e. The second-order valence-corrected chi connectivity index (χ2v) is 5.27. The second-order valence-electron chi connectivity index (χ2n) is 3.77. The SMILES string of the molecule is COC(=O)NS(=O)(=O)NCc1ccc(CCN)cc1. The molecule has 1 amide bonds. The van der Waals surface area contributed by atoms with Crippen LogP contribution in [0.1, 0.15) is 11.1 Å². The third kappa shape index (κ3) is 5.69. The van der Waals surface area contributed by atoms with Crippen molar-refractivity contribution in [2.45, 2.75) is 13.0 Å². The molecule has 4 N–H and O–H groups in total. The van der Waals surface area contributed by atoms with Gasteiger partial charge in [-0.1, -0.05) is 24.3 Å². The van der Waals surface area contributed by atoms with Gasteiger partial charge in [0.15, 0.2) is 0 Å². The summed E-state index contributed by atoms with van der Waals surface area (Å²) >= 11 is 0. The van der Waals surface area contributed by atoms with Crippen LogP contribution in [0, 0.1) is 0 Å². The summed E-state index contributed by atoms with van der Waals surface area (Å²) in [6.45, 7) is 0.643. The molecule has 0 unspecified atom stereocenters. The van der Waals surface area contributed by atoms with Gasteiger partial charge in [0.05, 0.1) is 7.11 Å². The van der Waals surface area contributed by atoms with Crippen molar-refractivity contribution in [3.05, 3.63) is 35.4 Å². The van der Waals surface area contributed by atoms with Crippen molar-refractivity contribution in [1.82, 2.24) is 9.44 Å². The number of methoxy groups -OCH3 is 1. The zero-order valence-electron chi connectivity index (χ0n) is 10.5. The van der Waals surface area contributed by atoms with Gasteiger partial charge in [0.1, 0.15) is 0 Å². The van der Waals surface area contributed by atoms with Gasteiger partial charge in [-0.05, 0) is 24.1 Å². The molecule has 0 heterocycles. The van der Waals surface area contributed by atoms with Crippen LogP contribution in [0.15, 0.2) is 24.3 Å². The van der Waals surface area contributed by atoms with Crippen LogP contribution in [0.2, 0.25) is 0 Å². The fraction of sp³-hybridized carbons (Fsp3) is 0.364. The second kappa shape index (κ2) is 7.07. The largest absolute Gasteiger partial charge is 0.452 e. The molecule has 0 spiro atoms. The molecule has 1 rings (SSSR count). The van der Waals surface area contributed by atoms with Crippen molar-refractivity contribution in [3.8, 4) is 0 Å². The Hall–Kier alpha value is -1.64. The van der Waals surface area contributed by atoms with Crippen LogP contribution < -0.4 is 15.2 Å². The number of nitrogens with two attached hydrogens (primary N) is 1. The number of nitrogens with one attached hydrogen (secondary N) is 2. The van der Waals surface area contributed by atoms with Crippen molar-refractivity contribution in [2.24, 2.45) is 5.73 Å². The number of carbonyl (C=O) groups is 1. The van der Waals surface area contributed by atoms with Crippen LogP contribution in [0.5, 0.6) is 0 Å². The molecule has 0 fully saturated rings. The predicted octanol–water partition coefficient (Wildman–Crippen LogP) is -0.122. The molecule has 0 bridgehead atoms. The molecule has 0 aliphatic heterocycles. The Morgan fingerprint density at radius 1 is 1.26 bits per heavy atom. The molecule has 8 heteroatoms. The standard InChI is InChI=1S/C11H17N3O4S/c1-18-11(15)14-19(16,17)13-8-10-4-2-9(3-5-10)6-7-12/h2-5,13H,6-8,12H2,1H3,(H,14,15). The predicted molar refractivity (Wildman–Crippen MR) is 70.5 cm³/mol. The van der Waals surface area contributed by atoms with E-state index >= 15 is 0 Å². The smallest absolute Gasteiger partial charge is 0.421 e. The monoisotopic (exact) mass is 287 g/mol. The summed E-state index contributed by atoms with van der Waals surface area (Å²) in [7, 11) is -2.82. The number of benzene rings is 1. The van der Waals surface area contributed by atoms with Gasteiger partial charge in [-0.3, -0.25) is 0 Å². The molecular formula is C11H17N3O4S. The Morgan fingerprint density at radius 2 is 1.84 bits per heavy atom. The first kappa shape index (κ1) is 15.4. The summed E-state index contributed by atoms with van der Waals surface area (Å²) in [4.78, 5) is 10.8. The summed E-state index contributed by atoms with van der Waals surface area (Å²) in [5, 5.41) is 0. The van der Waals surface area contributed by atoms with Gasteiger partial charge in [-0.25, -0.2) is 9.52 Å². The lowest BCUT2D eigenvalue weighted by atomic mass is 10.1. The first-order valence-electron chi connectivity index (χ1n) is 5.60. The number of hydrogen-bond acceptors (Lipinski definition) is 5. The molecule has 1 aromatic carbocycles. The Bertz CT molecular complexity index is 513. The van der Waals surface area contributed by atoms with E-state index in [1.54, 1.807) is 16.9 Å². The molecule has 0 saturated carbocycles. The van der Waals surface area contributed by atoms with Crippen molar-refractivity contribution < 1.29 is 17.9 Å². The van der Waals surface area contributed by atoms with Gasteiger partial charge in [0.2, 0.25) is 0 Å². The Labute approximate surface area is 112 Å². The van der Waals surface area contributed by atoms with Gasteiger partial charge in [-0.2, -0.15) is 13.1 Å². The molecule has 19 heavy (non-hydrogen) atoms. The van der Waals surface area contributed by atoms with Crippen molar-refractivity contribution in [2.75, 3.05) is 13.7 Å². The summed E-state index contributed by atoms with van der Waals surface area (Å²) in [6.07, 6.45) is -0.263. The lowest BCUT2D eigenvalue weighted by Crippen LogP contribution is -2.39. The molecule has 0 saturated heterocycles. The molecule has 0 aliphatic rings. The summed E-state index contributed by atoms with van der Waals surface area (Å²) in [5.74, 6) is 0. The first-order valence-corrected chi connectivity index (χ1v) is 7.08. The minimum atomic E-state index is -3.91. The number of carbonyl (C=O) groups excluding carboxylic acids is 1. The van der Waals surface area contributed by atoms with Crippen LogP contribution in [0.3, 0.4) is 0 Å². The molecule has 0 aliphatic carbocycles. The topological polar surface area (TPSA) is 111 Å². The highest BCUT2D eigenvalue weighted by Crippen LogP contribution is 2.04. The van der Waals surface area contributed by atoms with E-state index in [9.17, 15) is 13.2 Å². The maximum absolute atomic E-state index is 11.4. The van der Waals surface area contributed by atoms with E-state index in [4.69, 9.17) is 5.73 Å². The average Bonchev–Trinajstić information content (AvgIpc) is 2.38. The van der Waals surface area contributed by atoms with Crippen molar-refractivity contribution >= 4 is 16.3 Å². The fourth-order valence-corrected chi connectivity index (χ4v) is 2.09. The van der Waals surface area contributed by atoms with Crippen molar-refractivity contribution in [1.29, 1.82) is 0 Å². The number of hydrogen-bond donors (Lipinski definition) is 3. The molecular weight excluding hydrogens is 270 g/mol. The van der Waals surface area contributed by atoms with Gasteiger partial charge in [0.25, 0.3) is 0 Å².